The minimum atomic E-state index is -0.484. The van der Waals surface area contributed by atoms with Crippen molar-refractivity contribution in [2.24, 2.45) is 0 Å². The van der Waals surface area contributed by atoms with E-state index in [1.807, 2.05) is 17.6 Å². The van der Waals surface area contributed by atoms with Crippen molar-refractivity contribution in [2.45, 2.75) is 20.4 Å². The maximum atomic E-state index is 13.3. The van der Waals surface area contributed by atoms with Crippen LogP contribution in [0, 0.1) is 5.82 Å². The van der Waals surface area contributed by atoms with Crippen LogP contribution in [0.5, 0.6) is 0 Å². The number of fused-ring (bicyclic) bond motifs is 1. The van der Waals surface area contributed by atoms with E-state index in [1.54, 1.807) is 31.5 Å². The van der Waals surface area contributed by atoms with Crippen LogP contribution in [0.25, 0.3) is 28.3 Å². The minimum absolute atomic E-state index is 0.254. The molecule has 0 radical (unpaired) electrons. The van der Waals surface area contributed by atoms with Crippen LogP contribution in [0.15, 0.2) is 48.9 Å². The maximum Gasteiger partial charge on any atom is 0.358 e. The fourth-order valence-electron chi connectivity index (χ4n) is 3.05. The Morgan fingerprint density at radius 3 is 2.61 bits per heavy atom. The fourth-order valence-corrected chi connectivity index (χ4v) is 3.05. The standard InChI is InChI=1S/C20H18FN5O2/c1-3-25-12-23-18(13-5-7-14(21)8-6-13)19(25)15-9-10-17-22-11-16(26(17)24-15)20(27)28-4-2/h5-12H,3-4H2,1-2H3. The second kappa shape index (κ2) is 7.22. The van der Waals surface area contributed by atoms with Crippen LogP contribution >= 0.6 is 0 Å². The van der Waals surface area contributed by atoms with Crippen LogP contribution < -0.4 is 0 Å². The highest BCUT2D eigenvalue weighted by Crippen LogP contribution is 2.30. The molecule has 0 bridgehead atoms. The molecule has 0 N–H and O–H groups in total. The van der Waals surface area contributed by atoms with E-state index in [4.69, 9.17) is 4.74 Å². The number of benzene rings is 1. The third-order valence-corrected chi connectivity index (χ3v) is 4.39. The second-order valence-electron chi connectivity index (χ2n) is 6.09. The number of carbonyl (C=O) groups excluding carboxylic acids is 1. The van der Waals surface area contributed by atoms with Crippen molar-refractivity contribution in [3.63, 3.8) is 0 Å². The fraction of sp³-hybridized carbons (Fsp3) is 0.200. The molecule has 28 heavy (non-hydrogen) atoms. The van der Waals surface area contributed by atoms with Gasteiger partial charge >= 0.3 is 5.97 Å². The molecular weight excluding hydrogens is 361 g/mol. The summed E-state index contributed by atoms with van der Waals surface area (Å²) in [5.41, 5.74) is 3.66. The first-order valence-electron chi connectivity index (χ1n) is 8.95. The summed E-state index contributed by atoms with van der Waals surface area (Å²) >= 11 is 0. The summed E-state index contributed by atoms with van der Waals surface area (Å²) in [5, 5.41) is 4.61. The maximum absolute atomic E-state index is 13.3. The molecule has 0 atom stereocenters. The number of imidazole rings is 2. The SMILES string of the molecule is CCOC(=O)c1cnc2ccc(-c3c(-c4ccc(F)cc4)ncn3CC)nn12. The van der Waals surface area contributed by atoms with Gasteiger partial charge in [0.15, 0.2) is 11.3 Å². The number of carbonyl (C=O) groups is 1. The molecule has 3 aromatic heterocycles. The van der Waals surface area contributed by atoms with Crippen LogP contribution in [-0.2, 0) is 11.3 Å². The van der Waals surface area contributed by atoms with Gasteiger partial charge in [-0.15, -0.1) is 0 Å². The zero-order valence-electron chi connectivity index (χ0n) is 15.5. The number of aromatic nitrogens is 5. The van der Waals surface area contributed by atoms with Crippen molar-refractivity contribution < 1.29 is 13.9 Å². The van der Waals surface area contributed by atoms with E-state index in [0.717, 1.165) is 11.3 Å². The second-order valence-corrected chi connectivity index (χ2v) is 6.09. The average Bonchev–Trinajstić information content (AvgIpc) is 3.32. The number of hydrogen-bond donors (Lipinski definition) is 0. The van der Waals surface area contributed by atoms with E-state index in [0.29, 0.717) is 23.6 Å². The van der Waals surface area contributed by atoms with E-state index in [9.17, 15) is 9.18 Å². The summed E-state index contributed by atoms with van der Waals surface area (Å²) in [6.07, 6.45) is 3.17. The summed E-state index contributed by atoms with van der Waals surface area (Å²) in [6, 6.07) is 9.77. The molecule has 0 spiro atoms. The lowest BCUT2D eigenvalue weighted by atomic mass is 10.1. The average molecular weight is 379 g/mol. The zero-order chi connectivity index (χ0) is 19.7. The predicted molar refractivity (Wildman–Crippen MR) is 101 cm³/mol. The van der Waals surface area contributed by atoms with E-state index in [2.05, 4.69) is 15.1 Å². The van der Waals surface area contributed by atoms with Crippen molar-refractivity contribution in [1.29, 1.82) is 0 Å². The number of nitrogens with zero attached hydrogens (tertiary/aromatic N) is 5. The number of rotatable bonds is 5. The third kappa shape index (κ3) is 3.02. The normalized spacial score (nSPS) is 11.1. The van der Waals surface area contributed by atoms with Gasteiger partial charge in [-0.3, -0.25) is 0 Å². The van der Waals surface area contributed by atoms with Crippen molar-refractivity contribution in [1.82, 2.24) is 24.1 Å². The molecule has 0 amide bonds. The largest absolute Gasteiger partial charge is 0.461 e. The molecule has 8 heteroatoms. The summed E-state index contributed by atoms with van der Waals surface area (Å²) in [5.74, 6) is -0.792. The highest BCUT2D eigenvalue weighted by molar-refractivity contribution is 5.88. The lowest BCUT2D eigenvalue weighted by molar-refractivity contribution is 0.0517. The number of aryl methyl sites for hydroxylation is 1. The molecule has 0 aliphatic rings. The van der Waals surface area contributed by atoms with Crippen LogP contribution in [0.4, 0.5) is 4.39 Å². The van der Waals surface area contributed by atoms with Gasteiger partial charge in [0.1, 0.15) is 11.5 Å². The first-order chi connectivity index (χ1) is 13.6. The Hall–Kier alpha value is -3.55. The zero-order valence-corrected chi connectivity index (χ0v) is 15.5. The molecule has 0 saturated heterocycles. The number of esters is 1. The van der Waals surface area contributed by atoms with Gasteiger partial charge in [-0.2, -0.15) is 5.10 Å². The van der Waals surface area contributed by atoms with Crippen LogP contribution in [0.2, 0.25) is 0 Å². The Morgan fingerprint density at radius 2 is 1.89 bits per heavy atom. The van der Waals surface area contributed by atoms with Crippen LogP contribution in [-0.4, -0.2) is 36.7 Å². The van der Waals surface area contributed by atoms with Crippen molar-refractivity contribution in [3.05, 3.63) is 60.4 Å². The van der Waals surface area contributed by atoms with Gasteiger partial charge in [0.25, 0.3) is 0 Å². The highest BCUT2D eigenvalue weighted by atomic mass is 19.1. The van der Waals surface area contributed by atoms with E-state index in [1.165, 1.54) is 22.8 Å². The minimum Gasteiger partial charge on any atom is -0.461 e. The molecule has 4 aromatic rings. The monoisotopic (exact) mass is 379 g/mol. The molecule has 0 unspecified atom stereocenters. The Morgan fingerprint density at radius 1 is 1.11 bits per heavy atom. The lowest BCUT2D eigenvalue weighted by Gasteiger charge is -2.09. The first kappa shape index (κ1) is 17.8. The van der Waals surface area contributed by atoms with Crippen molar-refractivity contribution in [2.75, 3.05) is 6.61 Å². The predicted octanol–water partition coefficient (Wildman–Crippen LogP) is 3.60. The number of hydrogen-bond acceptors (Lipinski definition) is 5. The highest BCUT2D eigenvalue weighted by Gasteiger charge is 2.19. The van der Waals surface area contributed by atoms with Gasteiger partial charge in [0, 0.05) is 12.1 Å². The molecule has 1 aromatic carbocycles. The van der Waals surface area contributed by atoms with Crippen LogP contribution in [0.3, 0.4) is 0 Å². The first-order valence-corrected chi connectivity index (χ1v) is 8.95. The Labute approximate surface area is 160 Å². The molecule has 7 nitrogen and oxygen atoms in total. The lowest BCUT2D eigenvalue weighted by Crippen LogP contribution is -2.10. The summed E-state index contributed by atoms with van der Waals surface area (Å²) in [4.78, 5) is 20.9. The van der Waals surface area contributed by atoms with Gasteiger partial charge in [-0.25, -0.2) is 23.7 Å². The molecular formula is C20H18FN5O2. The Kier molecular flexibility index (Phi) is 4.60. The smallest absolute Gasteiger partial charge is 0.358 e. The molecule has 142 valence electrons. The number of halogens is 1. The van der Waals surface area contributed by atoms with Crippen molar-refractivity contribution >= 4 is 11.6 Å². The van der Waals surface area contributed by atoms with Gasteiger partial charge in [-0.1, -0.05) is 0 Å². The molecule has 3 heterocycles. The molecule has 4 rings (SSSR count). The van der Waals surface area contributed by atoms with Crippen LogP contribution in [0.1, 0.15) is 24.3 Å². The van der Waals surface area contributed by atoms with E-state index in [-0.39, 0.29) is 18.1 Å². The molecule has 0 aliphatic heterocycles. The van der Waals surface area contributed by atoms with Gasteiger partial charge in [0.2, 0.25) is 0 Å². The Bertz CT molecular complexity index is 1150. The van der Waals surface area contributed by atoms with E-state index >= 15 is 0 Å². The molecule has 0 saturated carbocycles. The van der Waals surface area contributed by atoms with E-state index < -0.39 is 5.97 Å². The van der Waals surface area contributed by atoms with Gasteiger partial charge in [0.05, 0.1) is 30.5 Å². The topological polar surface area (TPSA) is 74.3 Å². The molecule has 0 fully saturated rings. The van der Waals surface area contributed by atoms with Gasteiger partial charge in [-0.05, 0) is 50.2 Å². The quantitative estimate of drug-likeness (QED) is 0.496. The van der Waals surface area contributed by atoms with Crippen molar-refractivity contribution in [3.8, 4) is 22.6 Å². The molecule has 0 aliphatic carbocycles. The summed E-state index contributed by atoms with van der Waals surface area (Å²) in [7, 11) is 0. The van der Waals surface area contributed by atoms with Gasteiger partial charge < -0.3 is 9.30 Å². The number of ether oxygens (including phenoxy) is 1. The Balaban J connectivity index is 1.88. The summed E-state index contributed by atoms with van der Waals surface area (Å²) < 4.78 is 21.8. The third-order valence-electron chi connectivity index (χ3n) is 4.39. The summed E-state index contributed by atoms with van der Waals surface area (Å²) in [6.45, 7) is 4.69.